The molecule has 0 radical (unpaired) electrons. The van der Waals surface area contributed by atoms with E-state index >= 15 is 0 Å². The Kier molecular flexibility index (Phi) is 6.07. The molecule has 6 heteroatoms. The molecule has 0 aromatic heterocycles. The third kappa shape index (κ3) is 4.77. The second-order valence-corrected chi connectivity index (χ2v) is 5.72. The predicted molar refractivity (Wildman–Crippen MR) is 94.0 cm³/mol. The summed E-state index contributed by atoms with van der Waals surface area (Å²) < 4.78 is 27.6. The largest absolute Gasteiger partial charge is 0.352 e. The highest BCUT2D eigenvalue weighted by atomic mass is 19.1. The molecule has 2 aromatic rings. The first-order chi connectivity index (χ1) is 11.9. The highest BCUT2D eigenvalue weighted by molar-refractivity contribution is 5.80. The number of benzene rings is 2. The molecule has 0 amide bonds. The van der Waals surface area contributed by atoms with Gasteiger partial charge in [-0.1, -0.05) is 18.2 Å². The highest BCUT2D eigenvalue weighted by Crippen LogP contribution is 2.16. The van der Waals surface area contributed by atoms with E-state index in [1.165, 1.54) is 12.1 Å². The standard InChI is InChI=1S/C19H20F2N4/c1-12-4-6-15(9-17(12)20)13(2)25-19(23-3)24-11-16-7-5-14(10-22)8-18(16)21/h4-9,13H,11H2,1-3H3,(H2,23,24,25). The van der Waals surface area contributed by atoms with Crippen molar-refractivity contribution in [1.29, 1.82) is 5.26 Å². The topological polar surface area (TPSA) is 60.2 Å². The Balaban J connectivity index is 2.01. The molecule has 2 rings (SSSR count). The Hall–Kier alpha value is -2.94. The molecule has 0 spiro atoms. The Labute approximate surface area is 146 Å². The van der Waals surface area contributed by atoms with Gasteiger partial charge in [-0.25, -0.2) is 8.78 Å². The van der Waals surface area contributed by atoms with Crippen molar-refractivity contribution in [1.82, 2.24) is 10.6 Å². The van der Waals surface area contributed by atoms with Crippen LogP contribution in [-0.4, -0.2) is 13.0 Å². The minimum atomic E-state index is -0.448. The van der Waals surface area contributed by atoms with E-state index in [-0.39, 0.29) is 24.0 Å². The SMILES string of the molecule is CN=C(NCc1ccc(C#N)cc1F)NC(C)c1ccc(C)c(F)c1. The normalized spacial score (nSPS) is 12.4. The summed E-state index contributed by atoms with van der Waals surface area (Å²) in [6.45, 7) is 3.81. The average Bonchev–Trinajstić information content (AvgIpc) is 2.61. The molecule has 130 valence electrons. The molecule has 0 aliphatic heterocycles. The van der Waals surface area contributed by atoms with E-state index < -0.39 is 5.82 Å². The third-order valence-electron chi connectivity index (χ3n) is 3.90. The number of rotatable bonds is 4. The van der Waals surface area contributed by atoms with Gasteiger partial charge in [0, 0.05) is 19.2 Å². The van der Waals surface area contributed by atoms with Crippen molar-refractivity contribution in [2.45, 2.75) is 26.4 Å². The van der Waals surface area contributed by atoms with E-state index in [4.69, 9.17) is 5.26 Å². The van der Waals surface area contributed by atoms with E-state index in [0.29, 0.717) is 17.1 Å². The van der Waals surface area contributed by atoms with Gasteiger partial charge in [-0.3, -0.25) is 4.99 Å². The van der Waals surface area contributed by atoms with Gasteiger partial charge in [0.25, 0.3) is 0 Å². The number of aryl methyl sites for hydroxylation is 1. The third-order valence-corrected chi connectivity index (χ3v) is 3.90. The van der Waals surface area contributed by atoms with E-state index in [9.17, 15) is 8.78 Å². The van der Waals surface area contributed by atoms with Gasteiger partial charge in [0.1, 0.15) is 11.6 Å². The number of hydrogen-bond donors (Lipinski definition) is 2. The highest BCUT2D eigenvalue weighted by Gasteiger charge is 2.10. The fraction of sp³-hybridized carbons (Fsp3) is 0.263. The molecule has 2 N–H and O–H groups in total. The van der Waals surface area contributed by atoms with Crippen LogP contribution in [0.4, 0.5) is 8.78 Å². The maximum atomic E-state index is 13.9. The van der Waals surface area contributed by atoms with Crippen LogP contribution in [0.5, 0.6) is 0 Å². The number of guanidine groups is 1. The quantitative estimate of drug-likeness (QED) is 0.660. The second kappa shape index (κ2) is 8.25. The van der Waals surface area contributed by atoms with E-state index in [2.05, 4.69) is 15.6 Å². The molecule has 2 aromatic carbocycles. The summed E-state index contributed by atoms with van der Waals surface area (Å²) in [7, 11) is 1.60. The molecule has 0 saturated carbocycles. The zero-order valence-electron chi connectivity index (χ0n) is 14.4. The Morgan fingerprint density at radius 1 is 1.20 bits per heavy atom. The molecule has 0 aliphatic carbocycles. The van der Waals surface area contributed by atoms with Gasteiger partial charge in [-0.15, -0.1) is 0 Å². The van der Waals surface area contributed by atoms with Crippen LogP contribution >= 0.6 is 0 Å². The predicted octanol–water partition coefficient (Wildman–Crippen LogP) is 3.57. The van der Waals surface area contributed by atoms with Crippen molar-refractivity contribution < 1.29 is 8.78 Å². The number of nitrogens with zero attached hydrogens (tertiary/aromatic N) is 2. The van der Waals surface area contributed by atoms with Crippen molar-refractivity contribution in [2.24, 2.45) is 4.99 Å². The lowest BCUT2D eigenvalue weighted by Gasteiger charge is -2.19. The van der Waals surface area contributed by atoms with E-state index in [1.807, 2.05) is 19.1 Å². The maximum absolute atomic E-state index is 13.9. The van der Waals surface area contributed by atoms with E-state index in [1.54, 1.807) is 32.2 Å². The molecule has 0 fully saturated rings. The van der Waals surface area contributed by atoms with Crippen molar-refractivity contribution in [3.63, 3.8) is 0 Å². The fourth-order valence-corrected chi connectivity index (χ4v) is 2.30. The van der Waals surface area contributed by atoms with Gasteiger partial charge in [0.05, 0.1) is 17.7 Å². The van der Waals surface area contributed by atoms with Gasteiger partial charge in [-0.05, 0) is 43.2 Å². The van der Waals surface area contributed by atoms with Gasteiger partial charge in [0.15, 0.2) is 5.96 Å². The summed E-state index contributed by atoms with van der Waals surface area (Å²) in [4.78, 5) is 4.10. The summed E-state index contributed by atoms with van der Waals surface area (Å²) >= 11 is 0. The van der Waals surface area contributed by atoms with Crippen molar-refractivity contribution in [2.75, 3.05) is 7.05 Å². The van der Waals surface area contributed by atoms with Crippen LogP contribution in [0.15, 0.2) is 41.4 Å². The molecule has 0 aliphatic rings. The molecule has 0 heterocycles. The number of nitriles is 1. The van der Waals surface area contributed by atoms with Crippen LogP contribution in [0.3, 0.4) is 0 Å². The van der Waals surface area contributed by atoms with Gasteiger partial charge < -0.3 is 10.6 Å². The Bertz CT molecular complexity index is 825. The second-order valence-electron chi connectivity index (χ2n) is 5.72. The maximum Gasteiger partial charge on any atom is 0.191 e. The monoisotopic (exact) mass is 342 g/mol. The van der Waals surface area contributed by atoms with Gasteiger partial charge in [-0.2, -0.15) is 5.26 Å². The summed E-state index contributed by atoms with van der Waals surface area (Å²) in [5.74, 6) is -0.235. The van der Waals surface area contributed by atoms with E-state index in [0.717, 1.165) is 5.56 Å². The van der Waals surface area contributed by atoms with Crippen molar-refractivity contribution >= 4 is 5.96 Å². The molecular weight excluding hydrogens is 322 g/mol. The first-order valence-electron chi connectivity index (χ1n) is 7.86. The molecule has 0 saturated heterocycles. The van der Waals surface area contributed by atoms with Crippen LogP contribution in [0.2, 0.25) is 0 Å². The fourth-order valence-electron chi connectivity index (χ4n) is 2.30. The molecule has 0 bridgehead atoms. The van der Waals surface area contributed by atoms with Gasteiger partial charge in [0.2, 0.25) is 0 Å². The lowest BCUT2D eigenvalue weighted by atomic mass is 10.1. The lowest BCUT2D eigenvalue weighted by Crippen LogP contribution is -2.38. The zero-order chi connectivity index (χ0) is 18.4. The molecular formula is C19H20F2N4. The van der Waals surface area contributed by atoms with Gasteiger partial charge >= 0.3 is 0 Å². The van der Waals surface area contributed by atoms with Crippen LogP contribution in [-0.2, 0) is 6.54 Å². The molecule has 25 heavy (non-hydrogen) atoms. The Morgan fingerprint density at radius 2 is 1.96 bits per heavy atom. The molecule has 1 atom stereocenters. The van der Waals surface area contributed by atoms with Crippen molar-refractivity contribution in [3.8, 4) is 6.07 Å². The number of aliphatic imine (C=N–C) groups is 1. The van der Waals surface area contributed by atoms with Crippen LogP contribution in [0.25, 0.3) is 0 Å². The number of halogens is 2. The summed E-state index contributed by atoms with van der Waals surface area (Å²) in [6, 6.07) is 11.1. The smallest absolute Gasteiger partial charge is 0.191 e. The summed E-state index contributed by atoms with van der Waals surface area (Å²) in [5, 5.41) is 14.9. The average molecular weight is 342 g/mol. The van der Waals surface area contributed by atoms with Crippen LogP contribution in [0, 0.1) is 29.9 Å². The minimum absolute atomic E-state index is 0.174. The molecule has 4 nitrogen and oxygen atoms in total. The summed E-state index contributed by atoms with van der Waals surface area (Å²) in [6.07, 6.45) is 0. The van der Waals surface area contributed by atoms with Crippen molar-refractivity contribution in [3.05, 3.63) is 70.3 Å². The number of hydrogen-bond acceptors (Lipinski definition) is 2. The lowest BCUT2D eigenvalue weighted by molar-refractivity contribution is 0.599. The zero-order valence-corrected chi connectivity index (χ0v) is 14.4. The first kappa shape index (κ1) is 18.4. The minimum Gasteiger partial charge on any atom is -0.352 e. The Morgan fingerprint density at radius 3 is 2.56 bits per heavy atom. The number of nitrogens with one attached hydrogen (secondary N) is 2. The van der Waals surface area contributed by atoms with Crippen LogP contribution in [0.1, 0.15) is 35.2 Å². The first-order valence-corrected chi connectivity index (χ1v) is 7.86. The van der Waals surface area contributed by atoms with Crippen LogP contribution < -0.4 is 10.6 Å². The summed E-state index contributed by atoms with van der Waals surface area (Å²) in [5.41, 5.74) is 2.08. The molecule has 1 unspecified atom stereocenters.